The van der Waals surface area contributed by atoms with Crippen LogP contribution in [0.3, 0.4) is 0 Å². The van der Waals surface area contributed by atoms with Crippen molar-refractivity contribution in [1.29, 1.82) is 0 Å². The van der Waals surface area contributed by atoms with Gasteiger partial charge in [0.2, 0.25) is 6.29 Å². The Hall–Kier alpha value is -1.10. The maximum Gasteiger partial charge on any atom is 0.305 e. The predicted octanol–water partition coefficient (Wildman–Crippen LogP) is 2.28. The fourth-order valence-corrected chi connectivity index (χ4v) is 2.98. The first kappa shape index (κ1) is 16.0. The molecule has 0 aromatic rings. The quantitative estimate of drug-likeness (QED) is 0.735. The van der Waals surface area contributed by atoms with E-state index in [-0.39, 0.29) is 11.8 Å². The van der Waals surface area contributed by atoms with E-state index in [9.17, 15) is 9.59 Å². The van der Waals surface area contributed by atoms with E-state index in [0.29, 0.717) is 0 Å². The van der Waals surface area contributed by atoms with E-state index < -0.39 is 29.9 Å². The molecule has 1 unspecified atom stereocenters. The smallest absolute Gasteiger partial charge is 0.305 e. The second-order valence-electron chi connectivity index (χ2n) is 5.42. The van der Waals surface area contributed by atoms with Crippen LogP contribution in [0, 0.1) is 11.8 Å². The number of carbonyl (C=O) groups is 2. The van der Waals surface area contributed by atoms with Crippen LogP contribution in [0.5, 0.6) is 0 Å². The van der Waals surface area contributed by atoms with E-state index in [1.807, 2.05) is 13.8 Å². The molecule has 1 rings (SSSR count). The van der Waals surface area contributed by atoms with Gasteiger partial charge in [0.1, 0.15) is 0 Å². The Labute approximate surface area is 114 Å². The fourth-order valence-electron chi connectivity index (χ4n) is 2.98. The number of rotatable bonds is 4. The van der Waals surface area contributed by atoms with Gasteiger partial charge in [-0.3, -0.25) is 9.59 Å². The molecule has 0 radical (unpaired) electrons. The average Bonchev–Trinajstić information content (AvgIpc) is 2.53. The van der Waals surface area contributed by atoms with Gasteiger partial charge < -0.3 is 14.2 Å². The highest BCUT2D eigenvalue weighted by molar-refractivity contribution is 5.67. The lowest BCUT2D eigenvalue weighted by molar-refractivity contribution is -0.210. The zero-order valence-electron chi connectivity index (χ0n) is 12.6. The first-order chi connectivity index (χ1) is 8.74. The summed E-state index contributed by atoms with van der Waals surface area (Å²) in [5.41, 5.74) is -0.444. The van der Waals surface area contributed by atoms with E-state index in [2.05, 4.69) is 13.8 Å². The number of carbonyl (C=O) groups excluding carboxylic acids is 2. The highest BCUT2D eigenvalue weighted by Crippen LogP contribution is 2.45. The molecule has 19 heavy (non-hydrogen) atoms. The van der Waals surface area contributed by atoms with E-state index >= 15 is 0 Å². The second kappa shape index (κ2) is 5.90. The van der Waals surface area contributed by atoms with Crippen LogP contribution >= 0.6 is 0 Å². The van der Waals surface area contributed by atoms with Gasteiger partial charge in [-0.05, 0) is 12.3 Å². The second-order valence-corrected chi connectivity index (χ2v) is 5.42. The maximum atomic E-state index is 11.2. The first-order valence-corrected chi connectivity index (χ1v) is 6.76. The highest BCUT2D eigenvalue weighted by atomic mass is 16.7. The lowest BCUT2D eigenvalue weighted by atomic mass is 9.77. The van der Waals surface area contributed by atoms with Crippen molar-refractivity contribution in [3.05, 3.63) is 0 Å². The molecule has 0 aromatic carbocycles. The zero-order chi connectivity index (χ0) is 14.8. The monoisotopic (exact) mass is 272 g/mol. The highest BCUT2D eigenvalue weighted by Gasteiger charge is 2.56. The van der Waals surface area contributed by atoms with Crippen molar-refractivity contribution in [2.45, 2.75) is 66.0 Å². The molecule has 0 bridgehead atoms. The summed E-state index contributed by atoms with van der Waals surface area (Å²) in [7, 11) is 0. The van der Waals surface area contributed by atoms with Crippen LogP contribution in [0.2, 0.25) is 0 Å². The molecule has 0 amide bonds. The number of ether oxygens (including phenoxy) is 3. The lowest BCUT2D eigenvalue weighted by Crippen LogP contribution is -2.41. The Kier molecular flexibility index (Phi) is 4.96. The van der Waals surface area contributed by atoms with Gasteiger partial charge in [0.05, 0.1) is 5.60 Å². The largest absolute Gasteiger partial charge is 0.455 e. The van der Waals surface area contributed by atoms with Gasteiger partial charge in [-0.25, -0.2) is 0 Å². The third kappa shape index (κ3) is 3.08. The van der Waals surface area contributed by atoms with Crippen LogP contribution in [0.25, 0.3) is 0 Å². The van der Waals surface area contributed by atoms with Crippen LogP contribution in [0.4, 0.5) is 0 Å². The van der Waals surface area contributed by atoms with E-state index in [1.165, 1.54) is 13.8 Å². The first-order valence-electron chi connectivity index (χ1n) is 6.76. The predicted molar refractivity (Wildman–Crippen MR) is 69.2 cm³/mol. The van der Waals surface area contributed by atoms with Crippen LogP contribution in [0.1, 0.15) is 48.0 Å². The minimum Gasteiger partial charge on any atom is -0.455 e. The van der Waals surface area contributed by atoms with Crippen LogP contribution in [-0.4, -0.2) is 29.9 Å². The molecule has 0 saturated carbocycles. The van der Waals surface area contributed by atoms with Gasteiger partial charge in [0.25, 0.3) is 0 Å². The minimum absolute atomic E-state index is 0.0363. The van der Waals surface area contributed by atoms with Crippen molar-refractivity contribution >= 4 is 11.9 Å². The lowest BCUT2D eigenvalue weighted by Gasteiger charge is -2.35. The Bertz CT molecular complexity index is 352. The Morgan fingerprint density at radius 2 is 1.74 bits per heavy atom. The van der Waals surface area contributed by atoms with Crippen molar-refractivity contribution in [2.24, 2.45) is 11.8 Å². The van der Waals surface area contributed by atoms with Crippen LogP contribution in [0.15, 0.2) is 0 Å². The van der Waals surface area contributed by atoms with Crippen molar-refractivity contribution in [3.8, 4) is 0 Å². The molecule has 4 atom stereocenters. The molecular weight excluding hydrogens is 248 g/mol. The van der Waals surface area contributed by atoms with Crippen molar-refractivity contribution in [3.63, 3.8) is 0 Å². The molecule has 1 fully saturated rings. The van der Waals surface area contributed by atoms with E-state index in [1.54, 1.807) is 0 Å². The molecule has 0 spiro atoms. The standard InChI is InChI=1S/C14H24O5/c1-7-14(8(2)3)9(4)12(17-10(5)15)13(19-14)18-11(6)16/h8-9,12-13H,7H2,1-6H3/t9-,12+,13?,14+/m0/s1. The summed E-state index contributed by atoms with van der Waals surface area (Å²) in [6.07, 6.45) is -0.607. The van der Waals surface area contributed by atoms with Gasteiger partial charge in [0.15, 0.2) is 6.10 Å². The Morgan fingerprint density at radius 1 is 1.21 bits per heavy atom. The molecule has 5 nitrogen and oxygen atoms in total. The van der Waals surface area contributed by atoms with Crippen molar-refractivity contribution in [1.82, 2.24) is 0 Å². The molecular formula is C14H24O5. The molecule has 0 aliphatic carbocycles. The van der Waals surface area contributed by atoms with Gasteiger partial charge in [-0.2, -0.15) is 0 Å². The summed E-state index contributed by atoms with van der Waals surface area (Å²) in [6, 6.07) is 0. The number of hydrogen-bond donors (Lipinski definition) is 0. The summed E-state index contributed by atoms with van der Waals surface area (Å²) >= 11 is 0. The molecule has 1 aliphatic heterocycles. The van der Waals surface area contributed by atoms with E-state index in [0.717, 1.165) is 6.42 Å². The summed E-state index contributed by atoms with van der Waals surface area (Å²) in [5.74, 6) is -0.643. The Morgan fingerprint density at radius 3 is 2.11 bits per heavy atom. The average molecular weight is 272 g/mol. The van der Waals surface area contributed by atoms with Gasteiger partial charge in [0, 0.05) is 19.8 Å². The molecule has 0 aromatic heterocycles. The van der Waals surface area contributed by atoms with Gasteiger partial charge >= 0.3 is 11.9 Å². The minimum atomic E-state index is -0.821. The molecule has 1 saturated heterocycles. The van der Waals surface area contributed by atoms with Crippen molar-refractivity contribution in [2.75, 3.05) is 0 Å². The molecule has 0 N–H and O–H groups in total. The van der Waals surface area contributed by atoms with Crippen LogP contribution < -0.4 is 0 Å². The van der Waals surface area contributed by atoms with E-state index in [4.69, 9.17) is 14.2 Å². The SMILES string of the molecule is CC[C@]1(C(C)C)OC(OC(C)=O)[C@H](OC(C)=O)[C@@H]1C. The fraction of sp³-hybridized carbons (Fsp3) is 0.857. The molecule has 5 heteroatoms. The summed E-state index contributed by atoms with van der Waals surface area (Å²) in [6.45, 7) is 10.8. The van der Waals surface area contributed by atoms with Crippen molar-refractivity contribution < 1.29 is 23.8 Å². The third-order valence-electron chi connectivity index (χ3n) is 3.98. The number of esters is 2. The van der Waals surface area contributed by atoms with Gasteiger partial charge in [-0.15, -0.1) is 0 Å². The summed E-state index contributed by atoms with van der Waals surface area (Å²) in [5, 5.41) is 0. The molecule has 1 aliphatic rings. The Balaban J connectivity index is 3.03. The molecule has 110 valence electrons. The van der Waals surface area contributed by atoms with Crippen LogP contribution in [-0.2, 0) is 23.8 Å². The zero-order valence-corrected chi connectivity index (χ0v) is 12.6. The summed E-state index contributed by atoms with van der Waals surface area (Å²) < 4.78 is 16.4. The maximum absolute atomic E-state index is 11.2. The normalized spacial score (nSPS) is 34.4. The number of hydrogen-bond acceptors (Lipinski definition) is 5. The third-order valence-corrected chi connectivity index (χ3v) is 3.98. The summed E-state index contributed by atoms with van der Waals surface area (Å²) in [4.78, 5) is 22.4. The molecule has 1 heterocycles. The van der Waals surface area contributed by atoms with Gasteiger partial charge in [-0.1, -0.05) is 27.7 Å². The topological polar surface area (TPSA) is 61.8 Å².